The van der Waals surface area contributed by atoms with Gasteiger partial charge in [-0.05, 0) is 39.2 Å². The summed E-state index contributed by atoms with van der Waals surface area (Å²) in [7, 11) is 0. The number of rotatable bonds is 7. The van der Waals surface area contributed by atoms with Crippen molar-refractivity contribution in [3.8, 4) is 0 Å². The van der Waals surface area contributed by atoms with Crippen molar-refractivity contribution in [2.24, 2.45) is 0 Å². The van der Waals surface area contributed by atoms with E-state index in [0.717, 1.165) is 11.4 Å². The first-order chi connectivity index (χ1) is 9.12. The van der Waals surface area contributed by atoms with E-state index in [4.69, 9.17) is 0 Å². The van der Waals surface area contributed by atoms with Crippen LogP contribution < -0.4 is 5.32 Å². The molecule has 1 amide bonds. The van der Waals surface area contributed by atoms with Crippen LogP contribution in [0.25, 0.3) is 0 Å². The van der Waals surface area contributed by atoms with Crippen LogP contribution in [0, 0.1) is 0 Å². The average molecular weight is 281 g/mol. The zero-order valence-electron chi connectivity index (χ0n) is 12.1. The minimum Gasteiger partial charge on any atom is -0.382 e. The van der Waals surface area contributed by atoms with Crippen molar-refractivity contribution in [3.05, 3.63) is 24.0 Å². The molecule has 0 saturated carbocycles. The van der Waals surface area contributed by atoms with Crippen LogP contribution in [0.3, 0.4) is 0 Å². The van der Waals surface area contributed by atoms with Gasteiger partial charge in [0, 0.05) is 36.8 Å². The normalized spacial score (nSPS) is 12.0. The van der Waals surface area contributed by atoms with Gasteiger partial charge >= 0.3 is 0 Å². The molecule has 1 aromatic rings. The summed E-state index contributed by atoms with van der Waals surface area (Å²) in [6.07, 6.45) is 3.77. The Morgan fingerprint density at radius 1 is 1.47 bits per heavy atom. The number of anilines is 1. The van der Waals surface area contributed by atoms with Gasteiger partial charge in [-0.25, -0.2) is 0 Å². The largest absolute Gasteiger partial charge is 0.382 e. The fraction of sp³-hybridized carbons (Fsp3) is 0.571. The van der Waals surface area contributed by atoms with Gasteiger partial charge in [0.1, 0.15) is 5.69 Å². The van der Waals surface area contributed by atoms with Crippen LogP contribution >= 0.6 is 11.8 Å². The molecular weight excluding hydrogens is 258 g/mol. The van der Waals surface area contributed by atoms with Crippen LogP contribution in [0.15, 0.2) is 18.3 Å². The number of thioether (sulfide) groups is 1. The Bertz CT molecular complexity index is 407. The van der Waals surface area contributed by atoms with E-state index < -0.39 is 0 Å². The second-order valence-electron chi connectivity index (χ2n) is 4.41. The zero-order valence-corrected chi connectivity index (χ0v) is 13.0. The molecule has 0 aliphatic rings. The maximum atomic E-state index is 12.2. The van der Waals surface area contributed by atoms with E-state index in [2.05, 4.69) is 23.5 Å². The molecule has 0 spiro atoms. The van der Waals surface area contributed by atoms with Gasteiger partial charge in [-0.3, -0.25) is 9.78 Å². The van der Waals surface area contributed by atoms with Crippen molar-refractivity contribution in [2.45, 2.75) is 26.8 Å². The molecule has 1 aromatic heterocycles. The predicted molar refractivity (Wildman–Crippen MR) is 83.0 cm³/mol. The Kier molecular flexibility index (Phi) is 6.70. The number of pyridine rings is 1. The molecule has 0 fully saturated rings. The molecule has 1 atom stereocenters. The van der Waals surface area contributed by atoms with Crippen molar-refractivity contribution in [2.75, 3.05) is 30.4 Å². The van der Waals surface area contributed by atoms with E-state index in [1.54, 1.807) is 22.9 Å². The number of amides is 1. The Labute approximate surface area is 120 Å². The molecule has 106 valence electrons. The molecule has 1 N–H and O–H groups in total. The zero-order chi connectivity index (χ0) is 14.3. The third-order valence-electron chi connectivity index (χ3n) is 2.86. The third kappa shape index (κ3) is 4.74. The van der Waals surface area contributed by atoms with Gasteiger partial charge in [-0.2, -0.15) is 11.8 Å². The second-order valence-corrected chi connectivity index (χ2v) is 5.32. The summed E-state index contributed by atoms with van der Waals surface area (Å²) in [6, 6.07) is 4.10. The van der Waals surface area contributed by atoms with Crippen LogP contribution in [-0.2, 0) is 0 Å². The van der Waals surface area contributed by atoms with Gasteiger partial charge in [-0.15, -0.1) is 0 Å². The minimum atomic E-state index is -0.00818. The summed E-state index contributed by atoms with van der Waals surface area (Å²) < 4.78 is 0. The third-order valence-corrected chi connectivity index (χ3v) is 3.69. The molecule has 4 nitrogen and oxygen atoms in total. The Morgan fingerprint density at radius 2 is 2.16 bits per heavy atom. The lowest BCUT2D eigenvalue weighted by molar-refractivity contribution is 0.0767. The fourth-order valence-electron chi connectivity index (χ4n) is 1.89. The number of nitrogens with zero attached hydrogens (tertiary/aromatic N) is 2. The summed E-state index contributed by atoms with van der Waals surface area (Å²) in [5, 5.41) is 3.38. The van der Waals surface area contributed by atoms with E-state index >= 15 is 0 Å². The second kappa shape index (κ2) is 8.04. The fourth-order valence-corrected chi connectivity index (χ4v) is 2.47. The summed E-state index contributed by atoms with van der Waals surface area (Å²) in [4.78, 5) is 18.2. The molecule has 0 bridgehead atoms. The lowest BCUT2D eigenvalue weighted by atomic mass is 10.2. The maximum Gasteiger partial charge on any atom is 0.272 e. The van der Waals surface area contributed by atoms with Gasteiger partial charge in [-0.1, -0.05) is 0 Å². The van der Waals surface area contributed by atoms with Gasteiger partial charge in [0.05, 0.1) is 0 Å². The lowest BCUT2D eigenvalue weighted by Gasteiger charge is -2.19. The number of carbonyl (C=O) groups excluding carboxylic acids is 1. The first-order valence-corrected chi connectivity index (χ1v) is 8.02. The van der Waals surface area contributed by atoms with Crippen molar-refractivity contribution >= 4 is 23.4 Å². The molecule has 0 radical (unpaired) electrons. The topological polar surface area (TPSA) is 45.2 Å². The molecule has 1 unspecified atom stereocenters. The Hall–Kier alpha value is -1.23. The summed E-state index contributed by atoms with van der Waals surface area (Å²) in [6.45, 7) is 7.49. The van der Waals surface area contributed by atoms with Gasteiger partial charge < -0.3 is 10.2 Å². The van der Waals surface area contributed by atoms with Gasteiger partial charge in [0.25, 0.3) is 5.91 Å². The van der Waals surface area contributed by atoms with Gasteiger partial charge in [0.2, 0.25) is 0 Å². The summed E-state index contributed by atoms with van der Waals surface area (Å²) in [5.74, 6) is 1.02. The minimum absolute atomic E-state index is 0.00818. The molecule has 1 rings (SSSR count). The first kappa shape index (κ1) is 15.8. The summed E-state index contributed by atoms with van der Waals surface area (Å²) >= 11 is 1.80. The van der Waals surface area contributed by atoms with E-state index in [0.29, 0.717) is 24.8 Å². The Morgan fingerprint density at radius 3 is 2.74 bits per heavy atom. The van der Waals surface area contributed by atoms with Crippen LogP contribution in [0.1, 0.15) is 31.3 Å². The van der Waals surface area contributed by atoms with E-state index in [1.807, 2.05) is 26.0 Å². The molecule has 5 heteroatoms. The van der Waals surface area contributed by atoms with E-state index in [-0.39, 0.29) is 5.91 Å². The van der Waals surface area contributed by atoms with Gasteiger partial charge in [0.15, 0.2) is 0 Å². The number of carbonyl (C=O) groups is 1. The SMILES string of the molecule is CCN(CC)C(=O)c1cc(NC(C)CSC)ccn1. The quantitative estimate of drug-likeness (QED) is 0.834. The average Bonchev–Trinajstić information content (AvgIpc) is 2.40. The maximum absolute atomic E-state index is 12.2. The van der Waals surface area contributed by atoms with Crippen molar-refractivity contribution in [1.29, 1.82) is 0 Å². The predicted octanol–water partition coefficient (Wildman–Crippen LogP) is 2.73. The van der Waals surface area contributed by atoms with Crippen molar-refractivity contribution in [1.82, 2.24) is 9.88 Å². The highest BCUT2D eigenvalue weighted by Gasteiger charge is 2.14. The highest BCUT2D eigenvalue weighted by atomic mass is 32.2. The highest BCUT2D eigenvalue weighted by Crippen LogP contribution is 2.12. The van der Waals surface area contributed by atoms with Crippen LogP contribution in [0.4, 0.5) is 5.69 Å². The molecule has 0 aliphatic carbocycles. The molecule has 0 aromatic carbocycles. The van der Waals surface area contributed by atoms with Crippen LogP contribution in [-0.4, -0.2) is 46.9 Å². The molecule has 0 saturated heterocycles. The van der Waals surface area contributed by atoms with Crippen LogP contribution in [0.5, 0.6) is 0 Å². The van der Waals surface area contributed by atoms with Crippen LogP contribution in [0.2, 0.25) is 0 Å². The highest BCUT2D eigenvalue weighted by molar-refractivity contribution is 7.98. The van der Waals surface area contributed by atoms with Crippen molar-refractivity contribution < 1.29 is 4.79 Å². The first-order valence-electron chi connectivity index (χ1n) is 6.63. The number of aromatic nitrogens is 1. The lowest BCUT2D eigenvalue weighted by Crippen LogP contribution is -2.31. The number of hydrogen-bond donors (Lipinski definition) is 1. The number of nitrogens with one attached hydrogen (secondary N) is 1. The standard InChI is InChI=1S/C14H23N3OS/c1-5-17(6-2)14(18)13-9-12(7-8-15-13)16-11(3)10-19-4/h7-9,11H,5-6,10H2,1-4H3,(H,15,16). The molecule has 1 heterocycles. The molecular formula is C14H23N3OS. The summed E-state index contributed by atoms with van der Waals surface area (Å²) in [5.41, 5.74) is 1.46. The van der Waals surface area contributed by atoms with Crippen molar-refractivity contribution in [3.63, 3.8) is 0 Å². The monoisotopic (exact) mass is 281 g/mol. The smallest absolute Gasteiger partial charge is 0.272 e. The molecule has 0 aliphatic heterocycles. The van der Waals surface area contributed by atoms with E-state index in [1.165, 1.54) is 0 Å². The molecule has 19 heavy (non-hydrogen) atoms. The number of hydrogen-bond acceptors (Lipinski definition) is 4. The Balaban J connectivity index is 2.79. The van der Waals surface area contributed by atoms with E-state index in [9.17, 15) is 4.79 Å².